The van der Waals surface area contributed by atoms with Gasteiger partial charge in [0.25, 0.3) is 5.56 Å². The van der Waals surface area contributed by atoms with Gasteiger partial charge in [0.15, 0.2) is 5.95 Å². The smallest absolute Gasteiger partial charge is 0.254 e. The number of hydrogen-bond acceptors (Lipinski definition) is 4. The van der Waals surface area contributed by atoms with Crippen LogP contribution in [-0.4, -0.2) is 9.97 Å². The van der Waals surface area contributed by atoms with E-state index in [1.807, 2.05) is 17.5 Å². The van der Waals surface area contributed by atoms with Gasteiger partial charge < -0.3 is 4.98 Å². The molecule has 0 saturated heterocycles. The maximum atomic E-state index is 11.6. The molecule has 0 spiro atoms. The van der Waals surface area contributed by atoms with Crippen LogP contribution >= 0.6 is 11.3 Å². The molecule has 0 saturated carbocycles. The normalized spacial score (nSPS) is 9.81. The summed E-state index contributed by atoms with van der Waals surface area (Å²) in [7, 11) is 0. The number of azide groups is 1. The Hall–Kier alpha value is -2.11. The highest BCUT2D eigenvalue weighted by atomic mass is 32.1. The second kappa shape index (κ2) is 4.18. The van der Waals surface area contributed by atoms with Gasteiger partial charge >= 0.3 is 0 Å². The molecule has 0 aromatic carbocycles. The highest BCUT2D eigenvalue weighted by Crippen LogP contribution is 2.25. The van der Waals surface area contributed by atoms with Crippen molar-refractivity contribution in [2.24, 2.45) is 5.11 Å². The van der Waals surface area contributed by atoms with Crippen molar-refractivity contribution in [3.63, 3.8) is 0 Å². The first-order valence-corrected chi connectivity index (χ1v) is 5.30. The van der Waals surface area contributed by atoms with E-state index in [2.05, 4.69) is 20.0 Å². The Bertz CT molecular complexity index is 609. The van der Waals surface area contributed by atoms with E-state index in [0.717, 1.165) is 4.88 Å². The molecule has 0 atom stereocenters. The van der Waals surface area contributed by atoms with Crippen molar-refractivity contribution in [1.82, 2.24) is 9.97 Å². The summed E-state index contributed by atoms with van der Waals surface area (Å²) in [6.07, 6.45) is 0. The number of nitrogens with zero attached hydrogens (tertiary/aromatic N) is 4. The quantitative estimate of drug-likeness (QED) is 0.490. The molecule has 0 aliphatic rings. The lowest BCUT2D eigenvalue weighted by Crippen LogP contribution is -2.11. The molecule has 2 aromatic heterocycles. The van der Waals surface area contributed by atoms with Crippen LogP contribution in [0, 0.1) is 6.92 Å². The highest BCUT2D eigenvalue weighted by Gasteiger charge is 2.09. The van der Waals surface area contributed by atoms with Crippen LogP contribution in [0.15, 0.2) is 27.4 Å². The summed E-state index contributed by atoms with van der Waals surface area (Å²) in [6, 6.07) is 3.73. The number of hydrogen-bond donors (Lipinski definition) is 1. The van der Waals surface area contributed by atoms with E-state index in [1.54, 1.807) is 6.92 Å². The first kappa shape index (κ1) is 10.4. The topological polar surface area (TPSA) is 94.5 Å². The van der Waals surface area contributed by atoms with E-state index >= 15 is 0 Å². The molecular weight excluding hydrogens is 226 g/mol. The van der Waals surface area contributed by atoms with Crippen molar-refractivity contribution in [2.45, 2.75) is 6.92 Å². The molecule has 0 unspecified atom stereocenters. The zero-order valence-corrected chi connectivity index (χ0v) is 9.15. The van der Waals surface area contributed by atoms with Gasteiger partial charge in [0.2, 0.25) is 0 Å². The highest BCUT2D eigenvalue weighted by molar-refractivity contribution is 7.13. The molecule has 2 heterocycles. The number of aromatic amines is 1. The van der Waals surface area contributed by atoms with Gasteiger partial charge in [-0.15, -0.1) is 11.3 Å². The van der Waals surface area contributed by atoms with Crippen molar-refractivity contribution in [2.75, 3.05) is 0 Å². The minimum absolute atomic E-state index is 0.0125. The van der Waals surface area contributed by atoms with Gasteiger partial charge in [-0.05, 0) is 29.0 Å². The molecule has 2 aromatic rings. The maximum absolute atomic E-state index is 11.6. The van der Waals surface area contributed by atoms with E-state index in [9.17, 15) is 4.79 Å². The molecule has 80 valence electrons. The van der Waals surface area contributed by atoms with Crippen molar-refractivity contribution >= 4 is 17.3 Å². The van der Waals surface area contributed by atoms with Gasteiger partial charge in [-0.25, -0.2) is 4.98 Å². The molecule has 0 radical (unpaired) electrons. The van der Waals surface area contributed by atoms with Crippen LogP contribution in [0.3, 0.4) is 0 Å². The average Bonchev–Trinajstić information content (AvgIpc) is 2.76. The Morgan fingerprint density at radius 3 is 3.06 bits per heavy atom. The zero-order chi connectivity index (χ0) is 11.5. The van der Waals surface area contributed by atoms with Gasteiger partial charge in [-0.2, -0.15) is 0 Å². The Labute approximate surface area is 94.2 Å². The third-order valence-electron chi connectivity index (χ3n) is 2.03. The lowest BCUT2D eigenvalue weighted by atomic mass is 10.2. The summed E-state index contributed by atoms with van der Waals surface area (Å²) in [5, 5.41) is 5.19. The Kier molecular flexibility index (Phi) is 2.72. The zero-order valence-electron chi connectivity index (χ0n) is 8.34. The third kappa shape index (κ3) is 1.81. The van der Waals surface area contributed by atoms with Crippen LogP contribution < -0.4 is 5.56 Å². The SMILES string of the molecule is Cc1c(-c2cccs2)nc(N=[N+]=[N-])[nH]c1=O. The van der Waals surface area contributed by atoms with Gasteiger partial charge in [0.1, 0.15) is 0 Å². The molecule has 0 bridgehead atoms. The second-order valence-corrected chi connectivity index (χ2v) is 3.98. The van der Waals surface area contributed by atoms with Crippen LogP contribution in [0.25, 0.3) is 21.0 Å². The average molecular weight is 233 g/mol. The lowest BCUT2D eigenvalue weighted by molar-refractivity contribution is 1.06. The van der Waals surface area contributed by atoms with E-state index in [1.165, 1.54) is 11.3 Å². The van der Waals surface area contributed by atoms with Crippen molar-refractivity contribution in [1.29, 1.82) is 0 Å². The molecule has 0 fully saturated rings. The van der Waals surface area contributed by atoms with Gasteiger partial charge in [0, 0.05) is 10.5 Å². The standard InChI is InChI=1S/C9H7N5OS/c1-5-7(6-3-2-4-16-6)11-9(13-14-10)12-8(5)15/h2-4H,1H3,(H,11,12,15). The van der Waals surface area contributed by atoms with E-state index in [0.29, 0.717) is 11.3 Å². The lowest BCUT2D eigenvalue weighted by Gasteiger charge is -2.01. The van der Waals surface area contributed by atoms with Crippen LogP contribution in [-0.2, 0) is 0 Å². The van der Waals surface area contributed by atoms with E-state index in [4.69, 9.17) is 5.53 Å². The molecule has 0 aliphatic carbocycles. The first-order chi connectivity index (χ1) is 7.72. The van der Waals surface area contributed by atoms with Crippen molar-refractivity contribution < 1.29 is 0 Å². The minimum atomic E-state index is -0.291. The van der Waals surface area contributed by atoms with Crippen LogP contribution in [0.1, 0.15) is 5.56 Å². The number of thiophene rings is 1. The predicted molar refractivity (Wildman–Crippen MR) is 61.7 cm³/mol. The van der Waals surface area contributed by atoms with Gasteiger partial charge in [-0.3, -0.25) is 4.79 Å². The molecule has 2 rings (SSSR count). The second-order valence-electron chi connectivity index (χ2n) is 3.03. The molecule has 0 amide bonds. The Morgan fingerprint density at radius 1 is 1.62 bits per heavy atom. The fraction of sp³-hybridized carbons (Fsp3) is 0.111. The summed E-state index contributed by atoms with van der Waals surface area (Å²) in [5.41, 5.74) is 9.08. The van der Waals surface area contributed by atoms with Crippen LogP contribution in [0.4, 0.5) is 5.95 Å². The van der Waals surface area contributed by atoms with Gasteiger partial charge in [0.05, 0.1) is 10.6 Å². The fourth-order valence-corrected chi connectivity index (χ4v) is 2.03. The third-order valence-corrected chi connectivity index (χ3v) is 2.91. The minimum Gasteiger partial charge on any atom is -0.305 e. The first-order valence-electron chi connectivity index (χ1n) is 4.42. The van der Waals surface area contributed by atoms with Crippen molar-refractivity contribution in [3.8, 4) is 10.6 Å². The molecule has 7 heteroatoms. The summed E-state index contributed by atoms with van der Waals surface area (Å²) in [6.45, 7) is 1.68. The molecular formula is C9H7N5OS. The number of H-pyrrole nitrogens is 1. The molecule has 6 nitrogen and oxygen atoms in total. The summed E-state index contributed by atoms with van der Waals surface area (Å²) in [4.78, 5) is 21.5. The van der Waals surface area contributed by atoms with Crippen molar-refractivity contribution in [3.05, 3.63) is 43.9 Å². The Morgan fingerprint density at radius 2 is 2.44 bits per heavy atom. The number of aromatic nitrogens is 2. The maximum Gasteiger partial charge on any atom is 0.254 e. The Balaban J connectivity index is 2.69. The summed E-state index contributed by atoms with van der Waals surface area (Å²) < 4.78 is 0. The van der Waals surface area contributed by atoms with Crippen LogP contribution in [0.5, 0.6) is 0 Å². The monoisotopic (exact) mass is 233 g/mol. The molecule has 16 heavy (non-hydrogen) atoms. The number of nitrogens with one attached hydrogen (secondary N) is 1. The van der Waals surface area contributed by atoms with Crippen LogP contribution in [0.2, 0.25) is 0 Å². The van der Waals surface area contributed by atoms with E-state index < -0.39 is 0 Å². The molecule has 0 aliphatic heterocycles. The summed E-state index contributed by atoms with van der Waals surface area (Å²) >= 11 is 1.48. The fourth-order valence-electron chi connectivity index (χ4n) is 1.26. The summed E-state index contributed by atoms with van der Waals surface area (Å²) in [5.74, 6) is -0.0125. The largest absolute Gasteiger partial charge is 0.305 e. The number of rotatable bonds is 2. The predicted octanol–water partition coefficient (Wildman–Crippen LogP) is 2.75. The van der Waals surface area contributed by atoms with E-state index in [-0.39, 0.29) is 11.5 Å². The molecule has 1 N–H and O–H groups in total. The van der Waals surface area contributed by atoms with Gasteiger partial charge in [-0.1, -0.05) is 6.07 Å².